The fourth-order valence-corrected chi connectivity index (χ4v) is 1.24. The molecule has 12 heavy (non-hydrogen) atoms. The van der Waals surface area contributed by atoms with Crippen LogP contribution in [0.4, 0.5) is 0 Å². The monoisotopic (exact) mass is 174 g/mol. The van der Waals surface area contributed by atoms with E-state index in [2.05, 4.69) is 6.92 Å². The molecule has 0 bridgehead atoms. The number of hydrogen-bond acceptors (Lipinski definition) is 3. The highest BCUT2D eigenvalue weighted by Gasteiger charge is 2.33. The SMILES string of the molecule is CCOC(C)O[C@@H](CC)[C@H]1CO1. The first-order valence-corrected chi connectivity index (χ1v) is 4.66. The van der Waals surface area contributed by atoms with E-state index < -0.39 is 0 Å². The molecule has 0 radical (unpaired) electrons. The van der Waals surface area contributed by atoms with E-state index in [9.17, 15) is 0 Å². The summed E-state index contributed by atoms with van der Waals surface area (Å²) in [5.41, 5.74) is 0. The fraction of sp³-hybridized carbons (Fsp3) is 1.00. The summed E-state index contributed by atoms with van der Waals surface area (Å²) in [4.78, 5) is 0. The van der Waals surface area contributed by atoms with Crippen LogP contribution in [-0.2, 0) is 14.2 Å². The second kappa shape index (κ2) is 4.80. The van der Waals surface area contributed by atoms with Crippen LogP contribution in [0.1, 0.15) is 27.2 Å². The largest absolute Gasteiger partial charge is 0.370 e. The molecule has 0 aromatic rings. The quantitative estimate of drug-likeness (QED) is 0.452. The van der Waals surface area contributed by atoms with E-state index in [0.29, 0.717) is 12.7 Å². The Morgan fingerprint density at radius 2 is 2.17 bits per heavy atom. The molecule has 1 unspecified atom stereocenters. The van der Waals surface area contributed by atoms with E-state index in [1.54, 1.807) is 0 Å². The Balaban J connectivity index is 2.16. The Bertz CT molecular complexity index is 123. The van der Waals surface area contributed by atoms with Crippen molar-refractivity contribution < 1.29 is 14.2 Å². The van der Waals surface area contributed by atoms with Crippen molar-refractivity contribution in [1.29, 1.82) is 0 Å². The average molecular weight is 174 g/mol. The second-order valence-electron chi connectivity index (χ2n) is 2.98. The molecular weight excluding hydrogens is 156 g/mol. The topological polar surface area (TPSA) is 31.0 Å². The highest BCUT2D eigenvalue weighted by Crippen LogP contribution is 2.20. The summed E-state index contributed by atoms with van der Waals surface area (Å²) >= 11 is 0. The average Bonchev–Trinajstić information content (AvgIpc) is 2.83. The lowest BCUT2D eigenvalue weighted by Gasteiger charge is -2.19. The van der Waals surface area contributed by atoms with Gasteiger partial charge in [0.2, 0.25) is 0 Å². The maximum Gasteiger partial charge on any atom is 0.155 e. The van der Waals surface area contributed by atoms with E-state index >= 15 is 0 Å². The van der Waals surface area contributed by atoms with Gasteiger partial charge in [0, 0.05) is 6.61 Å². The summed E-state index contributed by atoms with van der Waals surface area (Å²) in [5.74, 6) is 0. The minimum Gasteiger partial charge on any atom is -0.370 e. The molecule has 1 fully saturated rings. The maximum atomic E-state index is 5.62. The molecular formula is C9H18O3. The molecule has 0 spiro atoms. The first-order chi connectivity index (χ1) is 5.77. The Hall–Kier alpha value is -0.120. The molecule has 0 aromatic heterocycles. The van der Waals surface area contributed by atoms with Gasteiger partial charge in [-0.2, -0.15) is 0 Å². The van der Waals surface area contributed by atoms with E-state index in [4.69, 9.17) is 14.2 Å². The molecule has 1 rings (SSSR count). The Morgan fingerprint density at radius 1 is 1.50 bits per heavy atom. The van der Waals surface area contributed by atoms with Crippen LogP contribution >= 0.6 is 0 Å². The van der Waals surface area contributed by atoms with Gasteiger partial charge in [0.15, 0.2) is 6.29 Å². The third kappa shape index (κ3) is 3.09. The van der Waals surface area contributed by atoms with E-state index in [1.807, 2.05) is 13.8 Å². The van der Waals surface area contributed by atoms with Crippen LogP contribution < -0.4 is 0 Å². The van der Waals surface area contributed by atoms with Crippen molar-refractivity contribution in [3.05, 3.63) is 0 Å². The zero-order chi connectivity index (χ0) is 8.97. The highest BCUT2D eigenvalue weighted by atomic mass is 16.7. The van der Waals surface area contributed by atoms with Gasteiger partial charge in [-0.15, -0.1) is 0 Å². The van der Waals surface area contributed by atoms with Crippen molar-refractivity contribution in [2.24, 2.45) is 0 Å². The van der Waals surface area contributed by atoms with Crippen LogP contribution in [0.2, 0.25) is 0 Å². The molecule has 1 saturated heterocycles. The van der Waals surface area contributed by atoms with Crippen LogP contribution in [0.15, 0.2) is 0 Å². The maximum absolute atomic E-state index is 5.62. The normalized spacial score (nSPS) is 26.8. The van der Waals surface area contributed by atoms with Gasteiger partial charge in [-0.1, -0.05) is 6.92 Å². The van der Waals surface area contributed by atoms with Crippen molar-refractivity contribution >= 4 is 0 Å². The van der Waals surface area contributed by atoms with Crippen molar-refractivity contribution in [1.82, 2.24) is 0 Å². The first kappa shape index (κ1) is 9.96. The van der Waals surface area contributed by atoms with E-state index in [0.717, 1.165) is 13.0 Å². The molecule has 1 aliphatic rings. The van der Waals surface area contributed by atoms with Gasteiger partial charge in [-0.05, 0) is 20.3 Å². The molecule has 3 heteroatoms. The van der Waals surface area contributed by atoms with Crippen molar-refractivity contribution in [3.8, 4) is 0 Å². The van der Waals surface area contributed by atoms with Crippen LogP contribution in [0, 0.1) is 0 Å². The lowest BCUT2D eigenvalue weighted by Crippen LogP contribution is -2.26. The minimum atomic E-state index is -0.107. The van der Waals surface area contributed by atoms with Crippen molar-refractivity contribution in [2.75, 3.05) is 13.2 Å². The molecule has 0 aliphatic carbocycles. The summed E-state index contributed by atoms with van der Waals surface area (Å²) in [6.45, 7) is 7.54. The summed E-state index contributed by atoms with van der Waals surface area (Å²) in [7, 11) is 0. The second-order valence-corrected chi connectivity index (χ2v) is 2.98. The van der Waals surface area contributed by atoms with E-state index in [-0.39, 0.29) is 12.4 Å². The Morgan fingerprint density at radius 3 is 2.58 bits per heavy atom. The van der Waals surface area contributed by atoms with Crippen LogP contribution in [0.5, 0.6) is 0 Å². The molecule has 0 amide bonds. The van der Waals surface area contributed by atoms with Gasteiger partial charge in [0.25, 0.3) is 0 Å². The summed E-state index contributed by atoms with van der Waals surface area (Å²) in [6.07, 6.45) is 1.41. The van der Waals surface area contributed by atoms with Gasteiger partial charge >= 0.3 is 0 Å². The molecule has 3 nitrogen and oxygen atoms in total. The molecule has 0 N–H and O–H groups in total. The van der Waals surface area contributed by atoms with Gasteiger partial charge < -0.3 is 14.2 Å². The zero-order valence-corrected chi connectivity index (χ0v) is 8.08. The summed E-state index contributed by atoms with van der Waals surface area (Å²) in [5, 5.41) is 0. The molecule has 1 aliphatic heterocycles. The Kier molecular flexibility index (Phi) is 3.98. The number of rotatable bonds is 6. The summed E-state index contributed by atoms with van der Waals surface area (Å²) in [6, 6.07) is 0. The molecule has 72 valence electrons. The lowest BCUT2D eigenvalue weighted by molar-refractivity contribution is -0.162. The first-order valence-electron chi connectivity index (χ1n) is 4.66. The van der Waals surface area contributed by atoms with Crippen LogP contribution in [-0.4, -0.2) is 31.7 Å². The predicted octanol–water partition coefficient (Wildman–Crippen LogP) is 1.56. The predicted molar refractivity (Wildman–Crippen MR) is 46.0 cm³/mol. The smallest absolute Gasteiger partial charge is 0.155 e. The number of ether oxygens (including phenoxy) is 3. The van der Waals surface area contributed by atoms with Gasteiger partial charge in [-0.3, -0.25) is 0 Å². The summed E-state index contributed by atoms with van der Waals surface area (Å²) < 4.78 is 16.1. The van der Waals surface area contributed by atoms with Crippen LogP contribution in [0.25, 0.3) is 0 Å². The van der Waals surface area contributed by atoms with Gasteiger partial charge in [0.05, 0.1) is 12.7 Å². The number of epoxide rings is 1. The molecule has 0 aromatic carbocycles. The molecule has 0 saturated carbocycles. The van der Waals surface area contributed by atoms with Gasteiger partial charge in [0.1, 0.15) is 6.10 Å². The zero-order valence-electron chi connectivity index (χ0n) is 8.08. The molecule has 1 heterocycles. The van der Waals surface area contributed by atoms with Crippen molar-refractivity contribution in [2.45, 2.75) is 45.7 Å². The standard InChI is InChI=1S/C9H18O3/c1-4-8(9-6-11-9)12-7(3)10-5-2/h7-9H,4-6H2,1-3H3/t7?,8-,9+/m0/s1. The third-order valence-electron chi connectivity index (χ3n) is 1.94. The lowest BCUT2D eigenvalue weighted by atomic mass is 10.2. The van der Waals surface area contributed by atoms with E-state index in [1.165, 1.54) is 0 Å². The van der Waals surface area contributed by atoms with Gasteiger partial charge in [-0.25, -0.2) is 0 Å². The molecule has 3 atom stereocenters. The Labute approximate surface area is 74.0 Å². The minimum absolute atomic E-state index is 0.107. The number of hydrogen-bond donors (Lipinski definition) is 0. The van der Waals surface area contributed by atoms with Crippen molar-refractivity contribution in [3.63, 3.8) is 0 Å². The third-order valence-corrected chi connectivity index (χ3v) is 1.94. The van der Waals surface area contributed by atoms with Crippen LogP contribution in [0.3, 0.4) is 0 Å². The fourth-order valence-electron chi connectivity index (χ4n) is 1.24. The highest BCUT2D eigenvalue weighted by molar-refractivity contribution is 4.78.